The highest BCUT2D eigenvalue weighted by molar-refractivity contribution is 6.74. The van der Waals surface area contributed by atoms with Crippen molar-refractivity contribution >= 4 is 43.5 Å². The van der Waals surface area contributed by atoms with E-state index in [2.05, 4.69) is 84.9 Å². The molecule has 354 valence electrons. The van der Waals surface area contributed by atoms with Crippen LogP contribution in [0.15, 0.2) is 103 Å². The predicted molar refractivity (Wildman–Crippen MR) is 258 cm³/mol. The van der Waals surface area contributed by atoms with E-state index < -0.39 is 32.1 Å². The Labute approximate surface area is 389 Å². The van der Waals surface area contributed by atoms with Crippen molar-refractivity contribution in [2.75, 3.05) is 82.4 Å². The lowest BCUT2D eigenvalue weighted by Crippen LogP contribution is -2.56. The number of alkyl halides is 3. The second-order valence-electron chi connectivity index (χ2n) is 18.9. The lowest BCUT2D eigenvalue weighted by Gasteiger charge is -2.39. The molecule has 0 N–H and O–H groups in total. The summed E-state index contributed by atoms with van der Waals surface area (Å²) in [6.07, 6.45) is -0.499. The second-order valence-corrected chi connectivity index (χ2v) is 23.7. The number of hydrogen-bond acceptors (Lipinski definition) is 8. The summed E-state index contributed by atoms with van der Waals surface area (Å²) in [6, 6.07) is 27.4. The number of amides is 3. The summed E-state index contributed by atoms with van der Waals surface area (Å²) in [7, 11) is 0.271. The minimum Gasteiger partial charge on any atom is -0.415 e. The van der Waals surface area contributed by atoms with Crippen LogP contribution < -0.4 is 9.80 Å². The molecule has 3 aromatic carbocycles. The fraction of sp³-hybridized carbons (Fsp3) is 0.451. The molecular formula is C51H66F3N7O4Si. The molecule has 2 aliphatic heterocycles. The standard InChI is InChI=1S/C51H66F3N7O4Si/c1-39(62)58-29-31-59(32-30-58)45-21-15-43(16-22-45)38-61(48(63)24-18-41-17-23-47(55-36-41)51(52,53)54)46(35-40-11-9-8-10-12-40)49(64)60-27-25-57(26-28-60)37-42-13-19-44(20-14-42)56(5)33-34-65-66(6,7)50(2,3)4/h8-24,36,46H,25-35,37-38H2,1-7H3/t46-/m0/s1. The minimum atomic E-state index is -4.59. The van der Waals surface area contributed by atoms with Crippen LogP contribution in [-0.4, -0.2) is 129 Å². The van der Waals surface area contributed by atoms with Gasteiger partial charge in [0.1, 0.15) is 11.7 Å². The van der Waals surface area contributed by atoms with Gasteiger partial charge in [-0.15, -0.1) is 0 Å². The van der Waals surface area contributed by atoms with Crippen molar-refractivity contribution in [3.8, 4) is 0 Å². The molecule has 6 rings (SSSR count). The maximum absolute atomic E-state index is 14.9. The number of nitrogens with zero attached hydrogens (tertiary/aromatic N) is 7. The summed E-state index contributed by atoms with van der Waals surface area (Å²) in [6.45, 7) is 20.2. The molecule has 0 saturated carbocycles. The number of carbonyl (C=O) groups is 3. The number of carbonyl (C=O) groups excluding carboxylic acids is 3. The lowest BCUT2D eigenvalue weighted by molar-refractivity contribution is -0.145. The fourth-order valence-corrected chi connectivity index (χ4v) is 9.00. The van der Waals surface area contributed by atoms with E-state index in [1.165, 1.54) is 23.8 Å². The van der Waals surface area contributed by atoms with Crippen molar-refractivity contribution in [2.24, 2.45) is 0 Å². The second kappa shape index (κ2) is 21.9. The van der Waals surface area contributed by atoms with Crippen molar-refractivity contribution in [1.82, 2.24) is 24.6 Å². The molecule has 4 aromatic rings. The Morgan fingerprint density at radius 3 is 1.98 bits per heavy atom. The zero-order valence-electron chi connectivity index (χ0n) is 39.6. The number of likely N-dealkylation sites (N-methyl/N-ethyl adjacent to an activating group) is 1. The monoisotopic (exact) mass is 925 g/mol. The Bertz CT molecular complexity index is 2240. The van der Waals surface area contributed by atoms with E-state index in [9.17, 15) is 27.6 Å². The summed E-state index contributed by atoms with van der Waals surface area (Å²) in [5.74, 6) is -0.560. The Morgan fingerprint density at radius 1 is 0.788 bits per heavy atom. The maximum Gasteiger partial charge on any atom is 0.433 e. The molecule has 0 bridgehead atoms. The number of anilines is 2. The molecule has 0 aliphatic carbocycles. The fourth-order valence-electron chi connectivity index (χ4n) is 7.97. The van der Waals surface area contributed by atoms with Crippen molar-refractivity contribution in [3.63, 3.8) is 0 Å². The molecule has 0 radical (unpaired) electrons. The third-order valence-electron chi connectivity index (χ3n) is 13.3. The van der Waals surface area contributed by atoms with Gasteiger partial charge in [0.05, 0.1) is 6.61 Å². The first-order chi connectivity index (χ1) is 31.3. The number of aromatic nitrogens is 1. The van der Waals surface area contributed by atoms with Gasteiger partial charge in [0.2, 0.25) is 17.7 Å². The highest BCUT2D eigenvalue weighted by atomic mass is 28.4. The number of hydrogen-bond donors (Lipinski definition) is 0. The van der Waals surface area contributed by atoms with Gasteiger partial charge in [-0.2, -0.15) is 13.2 Å². The molecule has 3 amide bonds. The van der Waals surface area contributed by atoms with Crippen LogP contribution >= 0.6 is 0 Å². The van der Waals surface area contributed by atoms with Crippen LogP contribution in [0.1, 0.15) is 55.6 Å². The van der Waals surface area contributed by atoms with Crippen molar-refractivity contribution < 1.29 is 32.0 Å². The van der Waals surface area contributed by atoms with E-state index in [1.807, 2.05) is 64.4 Å². The van der Waals surface area contributed by atoms with E-state index in [0.29, 0.717) is 64.5 Å². The average molecular weight is 926 g/mol. The van der Waals surface area contributed by atoms with Crippen LogP contribution in [0.2, 0.25) is 18.1 Å². The molecule has 2 saturated heterocycles. The van der Waals surface area contributed by atoms with Gasteiger partial charge < -0.3 is 28.9 Å². The molecule has 11 nitrogen and oxygen atoms in total. The van der Waals surface area contributed by atoms with Gasteiger partial charge >= 0.3 is 6.18 Å². The van der Waals surface area contributed by atoms with Gasteiger partial charge in [-0.1, -0.05) is 81.4 Å². The molecule has 15 heteroatoms. The van der Waals surface area contributed by atoms with Crippen LogP contribution in [0.4, 0.5) is 24.5 Å². The largest absolute Gasteiger partial charge is 0.433 e. The van der Waals surface area contributed by atoms with E-state index in [-0.39, 0.29) is 29.8 Å². The molecule has 2 aliphatic rings. The Kier molecular flexibility index (Phi) is 16.5. The number of benzene rings is 3. The third-order valence-corrected chi connectivity index (χ3v) is 17.8. The van der Waals surface area contributed by atoms with E-state index >= 15 is 0 Å². The number of rotatable bonds is 16. The van der Waals surface area contributed by atoms with Gasteiger partial charge in [0, 0.05) is 116 Å². The van der Waals surface area contributed by atoms with Gasteiger partial charge in [-0.3, -0.25) is 24.3 Å². The summed E-state index contributed by atoms with van der Waals surface area (Å²) in [4.78, 5) is 56.8. The van der Waals surface area contributed by atoms with Crippen LogP contribution in [0.25, 0.3) is 6.08 Å². The van der Waals surface area contributed by atoms with Gasteiger partial charge in [-0.05, 0) is 76.8 Å². The first kappa shape index (κ1) is 49.9. The molecular weight excluding hydrogens is 860 g/mol. The lowest BCUT2D eigenvalue weighted by atomic mass is 10.0. The highest BCUT2D eigenvalue weighted by Crippen LogP contribution is 2.36. The average Bonchev–Trinajstić information content (AvgIpc) is 3.29. The Balaban J connectivity index is 1.16. The molecule has 0 spiro atoms. The highest BCUT2D eigenvalue weighted by Gasteiger charge is 2.37. The minimum absolute atomic E-state index is 0.0592. The summed E-state index contributed by atoms with van der Waals surface area (Å²) < 4.78 is 46.2. The quantitative estimate of drug-likeness (QED) is 0.0821. The predicted octanol–water partition coefficient (Wildman–Crippen LogP) is 8.22. The molecule has 1 aromatic heterocycles. The van der Waals surface area contributed by atoms with Crippen molar-refractivity contribution in [1.29, 1.82) is 0 Å². The summed E-state index contributed by atoms with van der Waals surface area (Å²) in [5.41, 5.74) is 4.30. The summed E-state index contributed by atoms with van der Waals surface area (Å²) >= 11 is 0. The maximum atomic E-state index is 14.9. The molecule has 2 fully saturated rings. The smallest absolute Gasteiger partial charge is 0.415 e. The zero-order valence-corrected chi connectivity index (χ0v) is 40.6. The van der Waals surface area contributed by atoms with Crippen molar-refractivity contribution in [3.05, 3.63) is 131 Å². The SMILES string of the molecule is CC(=O)N1CCN(c2ccc(CN(C(=O)C=Cc3ccc(C(F)(F)F)nc3)[C@@H](Cc3ccccc3)C(=O)N3CCN(Cc4ccc(N(C)CCO[Si](C)(C)C(C)(C)C)cc4)CC3)cc2)CC1. The van der Waals surface area contributed by atoms with Crippen molar-refractivity contribution in [2.45, 2.75) is 77.6 Å². The third kappa shape index (κ3) is 13.5. The van der Waals surface area contributed by atoms with Crippen LogP contribution in [0, 0.1) is 0 Å². The van der Waals surface area contributed by atoms with Crippen LogP contribution in [-0.2, 0) is 44.5 Å². The number of piperazine rings is 2. The van der Waals surface area contributed by atoms with Gasteiger partial charge in [0.25, 0.3) is 0 Å². The molecule has 3 heterocycles. The van der Waals surface area contributed by atoms with Crippen LogP contribution in [0.5, 0.6) is 0 Å². The topological polar surface area (TPSA) is 92.8 Å². The van der Waals surface area contributed by atoms with E-state index in [4.69, 9.17) is 4.43 Å². The Hall–Kier alpha value is -5.51. The van der Waals surface area contributed by atoms with Gasteiger partial charge in [0.15, 0.2) is 8.32 Å². The molecule has 1 atom stereocenters. The van der Waals surface area contributed by atoms with E-state index in [0.717, 1.165) is 47.9 Å². The zero-order chi connectivity index (χ0) is 47.6. The summed E-state index contributed by atoms with van der Waals surface area (Å²) in [5, 5.41) is 0.166. The first-order valence-electron chi connectivity index (χ1n) is 22.9. The number of halogens is 3. The molecule has 0 unspecified atom stereocenters. The van der Waals surface area contributed by atoms with E-state index in [1.54, 1.807) is 11.8 Å². The first-order valence-corrected chi connectivity index (χ1v) is 25.8. The van der Waals surface area contributed by atoms with Crippen LogP contribution in [0.3, 0.4) is 0 Å². The molecule has 66 heavy (non-hydrogen) atoms. The number of pyridine rings is 1. The normalized spacial score (nSPS) is 15.8. The Morgan fingerprint density at radius 2 is 1.41 bits per heavy atom. The van der Waals surface area contributed by atoms with Gasteiger partial charge in [-0.25, -0.2) is 0 Å².